The summed E-state index contributed by atoms with van der Waals surface area (Å²) in [5, 5.41) is 3.42. The number of methoxy groups -OCH3 is 1. The van der Waals surface area contributed by atoms with Gasteiger partial charge >= 0.3 is 0 Å². The molecule has 0 radical (unpaired) electrons. The van der Waals surface area contributed by atoms with Crippen molar-refractivity contribution < 1.29 is 9.47 Å². The highest BCUT2D eigenvalue weighted by atomic mass is 79.9. The first kappa shape index (κ1) is 13.8. The first-order chi connectivity index (χ1) is 8.76. The van der Waals surface area contributed by atoms with E-state index in [2.05, 4.69) is 27.3 Å². The largest absolute Gasteiger partial charge is 0.497 e. The van der Waals surface area contributed by atoms with Crippen molar-refractivity contribution in [2.75, 3.05) is 27.4 Å². The van der Waals surface area contributed by atoms with Crippen molar-refractivity contribution in [3.63, 3.8) is 0 Å². The number of ether oxygens (including phenoxy) is 2. The van der Waals surface area contributed by atoms with Gasteiger partial charge in [-0.3, -0.25) is 0 Å². The molecule has 1 heterocycles. The molecule has 2 rings (SSSR count). The summed E-state index contributed by atoms with van der Waals surface area (Å²) in [7, 11) is 3.70. The average Bonchev–Trinajstić information content (AvgIpc) is 2.42. The van der Waals surface area contributed by atoms with Crippen molar-refractivity contribution in [3.8, 4) is 5.75 Å². The Kier molecular flexibility index (Phi) is 5.03. The minimum atomic E-state index is 0.325. The molecular weight excluding hydrogens is 294 g/mol. The Morgan fingerprint density at radius 1 is 1.50 bits per heavy atom. The van der Waals surface area contributed by atoms with Gasteiger partial charge in [0.05, 0.1) is 13.7 Å². The zero-order valence-corrected chi connectivity index (χ0v) is 12.5. The monoisotopic (exact) mass is 313 g/mol. The smallest absolute Gasteiger partial charge is 0.120 e. The second-order valence-corrected chi connectivity index (χ2v) is 5.49. The topological polar surface area (TPSA) is 30.5 Å². The molecule has 18 heavy (non-hydrogen) atoms. The van der Waals surface area contributed by atoms with Gasteiger partial charge in [0.25, 0.3) is 0 Å². The van der Waals surface area contributed by atoms with Gasteiger partial charge in [0.15, 0.2) is 0 Å². The molecule has 0 aromatic heterocycles. The van der Waals surface area contributed by atoms with Crippen molar-refractivity contribution in [1.82, 2.24) is 5.32 Å². The van der Waals surface area contributed by atoms with E-state index in [1.807, 2.05) is 19.2 Å². The quantitative estimate of drug-likeness (QED) is 0.926. The molecule has 1 N–H and O–H groups in total. The summed E-state index contributed by atoms with van der Waals surface area (Å²) in [6, 6.07) is 6.47. The number of nitrogens with one attached hydrogen (secondary N) is 1. The molecule has 4 heteroatoms. The number of rotatable bonds is 4. The molecule has 1 aromatic rings. The minimum absolute atomic E-state index is 0.325. The predicted molar refractivity (Wildman–Crippen MR) is 76.0 cm³/mol. The fourth-order valence-corrected chi connectivity index (χ4v) is 3.17. The van der Waals surface area contributed by atoms with Crippen LogP contribution in [0.15, 0.2) is 22.7 Å². The van der Waals surface area contributed by atoms with Crippen LogP contribution in [0.25, 0.3) is 0 Å². The maximum absolute atomic E-state index is 5.59. The second-order valence-electron chi connectivity index (χ2n) is 4.63. The van der Waals surface area contributed by atoms with Gasteiger partial charge in [0, 0.05) is 23.0 Å². The fourth-order valence-electron chi connectivity index (χ4n) is 2.56. The predicted octanol–water partition coefficient (Wildman–Crippen LogP) is 3.14. The van der Waals surface area contributed by atoms with Crippen LogP contribution in [0.5, 0.6) is 5.75 Å². The standard InChI is InChI=1S/C14H20BrNO2/c1-16-14(10-4-3-7-18-9-10)12-6-5-11(17-2)8-13(12)15/h5-6,8,10,14,16H,3-4,7,9H2,1-2H3. The normalized spacial score (nSPS) is 21.6. The number of halogens is 1. The Balaban J connectivity index is 2.20. The molecular formula is C14H20BrNO2. The molecule has 0 bridgehead atoms. The highest BCUT2D eigenvalue weighted by Crippen LogP contribution is 2.34. The van der Waals surface area contributed by atoms with E-state index in [1.165, 1.54) is 12.0 Å². The summed E-state index contributed by atoms with van der Waals surface area (Å²) in [5.41, 5.74) is 1.27. The fraction of sp³-hybridized carbons (Fsp3) is 0.571. The molecule has 0 amide bonds. The Morgan fingerprint density at radius 2 is 2.33 bits per heavy atom. The van der Waals surface area contributed by atoms with Crippen LogP contribution in [-0.4, -0.2) is 27.4 Å². The van der Waals surface area contributed by atoms with E-state index < -0.39 is 0 Å². The van der Waals surface area contributed by atoms with Crippen molar-refractivity contribution in [2.45, 2.75) is 18.9 Å². The average molecular weight is 314 g/mol. The van der Waals surface area contributed by atoms with Crippen LogP contribution < -0.4 is 10.1 Å². The lowest BCUT2D eigenvalue weighted by molar-refractivity contribution is 0.0401. The third kappa shape index (κ3) is 3.05. The van der Waals surface area contributed by atoms with Gasteiger partial charge in [-0.05, 0) is 37.6 Å². The summed E-state index contributed by atoms with van der Waals surface area (Å²) in [6.45, 7) is 1.74. The summed E-state index contributed by atoms with van der Waals surface area (Å²) >= 11 is 3.64. The Hall–Kier alpha value is -0.580. The zero-order chi connectivity index (χ0) is 13.0. The molecule has 1 aliphatic heterocycles. The summed E-state index contributed by atoms with van der Waals surface area (Å²) in [4.78, 5) is 0. The highest BCUT2D eigenvalue weighted by molar-refractivity contribution is 9.10. The molecule has 0 spiro atoms. The van der Waals surface area contributed by atoms with Gasteiger partial charge < -0.3 is 14.8 Å². The van der Waals surface area contributed by atoms with Gasteiger partial charge in [-0.15, -0.1) is 0 Å². The Labute approximate surface area is 117 Å². The molecule has 0 saturated carbocycles. The molecule has 1 aromatic carbocycles. The maximum Gasteiger partial charge on any atom is 0.120 e. The Morgan fingerprint density at radius 3 is 2.89 bits per heavy atom. The van der Waals surface area contributed by atoms with E-state index in [0.717, 1.165) is 29.9 Å². The van der Waals surface area contributed by atoms with Crippen LogP contribution in [0, 0.1) is 5.92 Å². The lowest BCUT2D eigenvalue weighted by Crippen LogP contribution is -2.31. The van der Waals surface area contributed by atoms with E-state index in [4.69, 9.17) is 9.47 Å². The van der Waals surface area contributed by atoms with Gasteiger partial charge in [-0.25, -0.2) is 0 Å². The summed E-state index contributed by atoms with van der Waals surface area (Å²) < 4.78 is 11.9. The van der Waals surface area contributed by atoms with Crippen LogP contribution in [0.4, 0.5) is 0 Å². The number of hydrogen-bond acceptors (Lipinski definition) is 3. The molecule has 0 aliphatic carbocycles. The SMILES string of the molecule is CNC(c1ccc(OC)cc1Br)C1CCCOC1. The van der Waals surface area contributed by atoms with Crippen molar-refractivity contribution in [2.24, 2.45) is 5.92 Å². The first-order valence-corrected chi connectivity index (χ1v) is 7.14. The molecule has 1 saturated heterocycles. The van der Waals surface area contributed by atoms with Gasteiger partial charge in [-0.1, -0.05) is 22.0 Å². The zero-order valence-electron chi connectivity index (χ0n) is 10.9. The van der Waals surface area contributed by atoms with E-state index in [-0.39, 0.29) is 0 Å². The van der Waals surface area contributed by atoms with Crippen LogP contribution in [0.2, 0.25) is 0 Å². The highest BCUT2D eigenvalue weighted by Gasteiger charge is 2.25. The lowest BCUT2D eigenvalue weighted by Gasteiger charge is -2.31. The summed E-state index contributed by atoms with van der Waals surface area (Å²) in [6.07, 6.45) is 2.36. The molecule has 2 atom stereocenters. The van der Waals surface area contributed by atoms with E-state index in [1.54, 1.807) is 7.11 Å². The van der Waals surface area contributed by atoms with Crippen LogP contribution in [-0.2, 0) is 4.74 Å². The molecule has 3 nitrogen and oxygen atoms in total. The molecule has 2 unspecified atom stereocenters. The minimum Gasteiger partial charge on any atom is -0.497 e. The third-order valence-electron chi connectivity index (χ3n) is 3.52. The van der Waals surface area contributed by atoms with Crippen LogP contribution >= 0.6 is 15.9 Å². The van der Waals surface area contributed by atoms with E-state index in [9.17, 15) is 0 Å². The molecule has 1 fully saturated rings. The maximum atomic E-state index is 5.59. The second kappa shape index (κ2) is 6.55. The first-order valence-electron chi connectivity index (χ1n) is 6.34. The van der Waals surface area contributed by atoms with Crippen molar-refractivity contribution in [1.29, 1.82) is 0 Å². The van der Waals surface area contributed by atoms with E-state index >= 15 is 0 Å². The van der Waals surface area contributed by atoms with Crippen LogP contribution in [0.3, 0.4) is 0 Å². The molecule has 100 valence electrons. The van der Waals surface area contributed by atoms with Gasteiger partial charge in [-0.2, -0.15) is 0 Å². The third-order valence-corrected chi connectivity index (χ3v) is 4.21. The van der Waals surface area contributed by atoms with Gasteiger partial charge in [0.1, 0.15) is 5.75 Å². The Bertz CT molecular complexity index is 391. The van der Waals surface area contributed by atoms with Gasteiger partial charge in [0.2, 0.25) is 0 Å². The molecule has 1 aliphatic rings. The van der Waals surface area contributed by atoms with Crippen molar-refractivity contribution in [3.05, 3.63) is 28.2 Å². The van der Waals surface area contributed by atoms with Crippen molar-refractivity contribution >= 4 is 15.9 Å². The number of hydrogen-bond donors (Lipinski definition) is 1. The van der Waals surface area contributed by atoms with Crippen LogP contribution in [0.1, 0.15) is 24.4 Å². The summed E-state index contributed by atoms with van der Waals surface area (Å²) in [5.74, 6) is 1.41. The number of benzene rings is 1. The van der Waals surface area contributed by atoms with E-state index in [0.29, 0.717) is 12.0 Å². The lowest BCUT2D eigenvalue weighted by atomic mass is 9.89.